The standard InChI is InChI=1S/C23H21N5O2/c1-15-13-22(26-23(30)14-17-7-10-19(11-8-17)24-16(2)29)28(27-15)21-12-9-18-5-3-4-6-20(18)25-21/h3-13H,14H2,1-2H3,(H,24,29)(H,26,30). The summed E-state index contributed by atoms with van der Waals surface area (Å²) >= 11 is 0. The highest BCUT2D eigenvalue weighted by atomic mass is 16.2. The molecule has 2 aromatic carbocycles. The lowest BCUT2D eigenvalue weighted by Gasteiger charge is -2.09. The fourth-order valence-electron chi connectivity index (χ4n) is 3.22. The van der Waals surface area contributed by atoms with Crippen molar-refractivity contribution in [2.75, 3.05) is 10.6 Å². The van der Waals surface area contributed by atoms with E-state index in [1.165, 1.54) is 6.92 Å². The average molecular weight is 399 g/mol. The molecule has 0 radical (unpaired) electrons. The first-order valence-electron chi connectivity index (χ1n) is 9.57. The second-order valence-electron chi connectivity index (χ2n) is 7.05. The molecule has 7 nitrogen and oxygen atoms in total. The Bertz CT molecular complexity index is 1230. The third-order valence-corrected chi connectivity index (χ3v) is 4.54. The number of aromatic nitrogens is 3. The minimum Gasteiger partial charge on any atom is -0.326 e. The summed E-state index contributed by atoms with van der Waals surface area (Å²) in [4.78, 5) is 28.4. The van der Waals surface area contributed by atoms with Crippen LogP contribution in [-0.2, 0) is 16.0 Å². The molecule has 0 aliphatic rings. The maximum absolute atomic E-state index is 12.6. The Labute approximate surface area is 173 Å². The van der Waals surface area contributed by atoms with Crippen LogP contribution in [0.3, 0.4) is 0 Å². The molecule has 0 aliphatic carbocycles. The molecule has 4 aromatic rings. The Morgan fingerprint density at radius 2 is 1.73 bits per heavy atom. The van der Waals surface area contributed by atoms with Crippen LogP contribution >= 0.6 is 0 Å². The summed E-state index contributed by atoms with van der Waals surface area (Å²) in [7, 11) is 0. The molecule has 0 bridgehead atoms. The van der Waals surface area contributed by atoms with Crippen LogP contribution in [0.1, 0.15) is 18.2 Å². The molecule has 0 aliphatic heterocycles. The van der Waals surface area contributed by atoms with Crippen molar-refractivity contribution in [2.24, 2.45) is 0 Å². The molecule has 2 N–H and O–H groups in total. The lowest BCUT2D eigenvalue weighted by Crippen LogP contribution is -2.17. The molecule has 0 saturated carbocycles. The first-order valence-corrected chi connectivity index (χ1v) is 9.57. The van der Waals surface area contributed by atoms with Gasteiger partial charge in [0.1, 0.15) is 5.82 Å². The van der Waals surface area contributed by atoms with E-state index < -0.39 is 0 Å². The van der Waals surface area contributed by atoms with Crippen molar-refractivity contribution in [3.63, 3.8) is 0 Å². The van der Waals surface area contributed by atoms with Crippen LogP contribution in [0.2, 0.25) is 0 Å². The Balaban J connectivity index is 1.52. The van der Waals surface area contributed by atoms with E-state index in [4.69, 9.17) is 0 Å². The summed E-state index contributed by atoms with van der Waals surface area (Å²) in [5, 5.41) is 11.2. The van der Waals surface area contributed by atoms with Crippen molar-refractivity contribution in [1.82, 2.24) is 14.8 Å². The predicted octanol–water partition coefficient (Wildman–Crippen LogP) is 3.87. The van der Waals surface area contributed by atoms with E-state index >= 15 is 0 Å². The van der Waals surface area contributed by atoms with Gasteiger partial charge in [0, 0.05) is 24.1 Å². The third-order valence-electron chi connectivity index (χ3n) is 4.54. The number of nitrogens with one attached hydrogen (secondary N) is 2. The number of carbonyl (C=O) groups excluding carboxylic acids is 2. The zero-order valence-electron chi connectivity index (χ0n) is 16.7. The number of fused-ring (bicyclic) bond motifs is 1. The molecule has 0 spiro atoms. The highest BCUT2D eigenvalue weighted by molar-refractivity contribution is 5.92. The Morgan fingerprint density at radius 3 is 2.50 bits per heavy atom. The lowest BCUT2D eigenvalue weighted by atomic mass is 10.1. The number of nitrogens with zero attached hydrogens (tertiary/aromatic N) is 3. The maximum atomic E-state index is 12.6. The number of amides is 2. The molecule has 7 heteroatoms. The molecule has 2 aromatic heterocycles. The monoisotopic (exact) mass is 399 g/mol. The van der Waals surface area contributed by atoms with Crippen LogP contribution in [-0.4, -0.2) is 26.6 Å². The zero-order valence-corrected chi connectivity index (χ0v) is 16.7. The number of anilines is 2. The van der Waals surface area contributed by atoms with Crippen LogP contribution < -0.4 is 10.6 Å². The highest BCUT2D eigenvalue weighted by Gasteiger charge is 2.13. The number of para-hydroxylation sites is 1. The van der Waals surface area contributed by atoms with Crippen LogP contribution in [0.15, 0.2) is 66.7 Å². The van der Waals surface area contributed by atoms with Gasteiger partial charge in [-0.1, -0.05) is 30.3 Å². The Hall–Kier alpha value is -4.00. The minimum absolute atomic E-state index is 0.133. The Morgan fingerprint density at radius 1 is 0.967 bits per heavy atom. The number of hydrogen-bond acceptors (Lipinski definition) is 4. The summed E-state index contributed by atoms with van der Waals surface area (Å²) < 4.78 is 1.64. The molecular weight excluding hydrogens is 378 g/mol. The fourth-order valence-corrected chi connectivity index (χ4v) is 3.22. The van der Waals surface area contributed by atoms with E-state index in [1.807, 2.05) is 61.5 Å². The second kappa shape index (κ2) is 8.16. The number of aryl methyl sites for hydroxylation is 1. The number of carbonyl (C=O) groups is 2. The molecule has 2 amide bonds. The van der Waals surface area contributed by atoms with Gasteiger partial charge in [-0.15, -0.1) is 0 Å². The van der Waals surface area contributed by atoms with Gasteiger partial charge in [-0.05, 0) is 42.8 Å². The first-order chi connectivity index (χ1) is 14.5. The molecule has 4 rings (SSSR count). The molecular formula is C23H21N5O2. The lowest BCUT2D eigenvalue weighted by molar-refractivity contribution is -0.116. The molecule has 0 saturated heterocycles. The fraction of sp³-hybridized carbons (Fsp3) is 0.130. The van der Waals surface area contributed by atoms with E-state index in [2.05, 4.69) is 20.7 Å². The molecule has 0 fully saturated rings. The van der Waals surface area contributed by atoms with Crippen molar-refractivity contribution < 1.29 is 9.59 Å². The van der Waals surface area contributed by atoms with Crippen LogP contribution in [0.5, 0.6) is 0 Å². The number of benzene rings is 2. The smallest absolute Gasteiger partial charge is 0.229 e. The van der Waals surface area contributed by atoms with Crippen molar-refractivity contribution in [1.29, 1.82) is 0 Å². The van der Waals surface area contributed by atoms with Gasteiger partial charge < -0.3 is 10.6 Å². The third kappa shape index (κ3) is 4.35. The van der Waals surface area contributed by atoms with Crippen molar-refractivity contribution in [3.05, 3.63) is 78.0 Å². The van der Waals surface area contributed by atoms with Gasteiger partial charge in [-0.25, -0.2) is 4.98 Å². The van der Waals surface area contributed by atoms with Gasteiger partial charge in [0.25, 0.3) is 0 Å². The quantitative estimate of drug-likeness (QED) is 0.533. The molecule has 2 heterocycles. The van der Waals surface area contributed by atoms with Crippen LogP contribution in [0.25, 0.3) is 16.7 Å². The van der Waals surface area contributed by atoms with E-state index in [-0.39, 0.29) is 18.2 Å². The maximum Gasteiger partial charge on any atom is 0.229 e. The van der Waals surface area contributed by atoms with Gasteiger partial charge in [0.2, 0.25) is 11.8 Å². The summed E-state index contributed by atoms with van der Waals surface area (Å²) in [5.41, 5.74) is 3.18. The van der Waals surface area contributed by atoms with E-state index in [0.717, 1.165) is 22.2 Å². The van der Waals surface area contributed by atoms with Crippen LogP contribution in [0, 0.1) is 6.92 Å². The van der Waals surface area contributed by atoms with Gasteiger partial charge in [-0.3, -0.25) is 9.59 Å². The molecule has 30 heavy (non-hydrogen) atoms. The molecule has 150 valence electrons. The van der Waals surface area contributed by atoms with E-state index in [1.54, 1.807) is 16.8 Å². The molecule has 0 atom stereocenters. The number of rotatable bonds is 5. The van der Waals surface area contributed by atoms with Crippen molar-refractivity contribution in [3.8, 4) is 5.82 Å². The zero-order chi connectivity index (χ0) is 21.1. The van der Waals surface area contributed by atoms with E-state index in [9.17, 15) is 9.59 Å². The summed E-state index contributed by atoms with van der Waals surface area (Å²) in [6, 6.07) is 20.7. The SMILES string of the molecule is CC(=O)Nc1ccc(CC(=O)Nc2cc(C)nn2-c2ccc3ccccc3n2)cc1. The summed E-state index contributed by atoms with van der Waals surface area (Å²) in [5.74, 6) is 0.905. The van der Waals surface area contributed by atoms with Crippen molar-refractivity contribution in [2.45, 2.75) is 20.3 Å². The second-order valence-corrected chi connectivity index (χ2v) is 7.05. The van der Waals surface area contributed by atoms with Crippen LogP contribution in [0.4, 0.5) is 11.5 Å². The van der Waals surface area contributed by atoms with Gasteiger partial charge >= 0.3 is 0 Å². The average Bonchev–Trinajstić information content (AvgIpc) is 3.08. The normalized spacial score (nSPS) is 10.7. The summed E-state index contributed by atoms with van der Waals surface area (Å²) in [6.45, 7) is 3.32. The van der Waals surface area contributed by atoms with E-state index in [0.29, 0.717) is 17.3 Å². The molecule has 0 unspecified atom stereocenters. The Kier molecular flexibility index (Phi) is 5.26. The highest BCUT2D eigenvalue weighted by Crippen LogP contribution is 2.19. The predicted molar refractivity (Wildman–Crippen MR) is 117 cm³/mol. The topological polar surface area (TPSA) is 88.9 Å². The summed E-state index contributed by atoms with van der Waals surface area (Å²) in [6.07, 6.45) is 0.204. The van der Waals surface area contributed by atoms with Gasteiger partial charge in [-0.2, -0.15) is 9.78 Å². The number of pyridine rings is 1. The van der Waals surface area contributed by atoms with Gasteiger partial charge in [0.15, 0.2) is 5.82 Å². The largest absolute Gasteiger partial charge is 0.326 e. The first kappa shape index (κ1) is 19.3. The minimum atomic E-state index is -0.163. The number of hydrogen-bond donors (Lipinski definition) is 2. The van der Waals surface area contributed by atoms with Gasteiger partial charge in [0.05, 0.1) is 17.6 Å². The van der Waals surface area contributed by atoms with Crippen molar-refractivity contribution >= 4 is 34.2 Å².